The Morgan fingerprint density at radius 1 is 0.809 bits per heavy atom. The number of anilines is 1. The van der Waals surface area contributed by atoms with Crippen molar-refractivity contribution in [2.45, 2.75) is 48.6 Å². The first-order valence-electron chi connectivity index (χ1n) is 15.2. The molecule has 8 nitrogen and oxygen atoms in total. The van der Waals surface area contributed by atoms with Gasteiger partial charge in [-0.1, -0.05) is 95.9 Å². The lowest BCUT2D eigenvalue weighted by Crippen LogP contribution is -2.38. The van der Waals surface area contributed by atoms with Gasteiger partial charge in [0.1, 0.15) is 4.70 Å². The van der Waals surface area contributed by atoms with Crippen LogP contribution in [0.3, 0.4) is 0 Å². The molecule has 0 aliphatic carbocycles. The SMILES string of the molecule is CC(CC[n+]1c(C=C2Sc3ccc(-c4ccccc4)cc3N2CCC(C)S(=O)(=O)O)sc2ccc(-c3ccccc3)cc21)S(=O)(=O)[O-]. The van der Waals surface area contributed by atoms with Crippen molar-refractivity contribution < 1.29 is 30.5 Å². The molecule has 0 fully saturated rings. The summed E-state index contributed by atoms with van der Waals surface area (Å²) in [5, 5.41) is -0.257. The van der Waals surface area contributed by atoms with Gasteiger partial charge in [-0.3, -0.25) is 4.55 Å². The van der Waals surface area contributed by atoms with Crippen molar-refractivity contribution in [1.82, 2.24) is 0 Å². The summed E-state index contributed by atoms with van der Waals surface area (Å²) in [4.78, 5) is 3.10. The molecule has 0 saturated heterocycles. The van der Waals surface area contributed by atoms with Gasteiger partial charge in [-0.25, -0.2) is 8.42 Å². The summed E-state index contributed by atoms with van der Waals surface area (Å²) in [6.07, 6.45) is 2.41. The molecule has 2 unspecified atom stereocenters. The summed E-state index contributed by atoms with van der Waals surface area (Å²) >= 11 is 3.14. The van der Waals surface area contributed by atoms with E-state index in [2.05, 4.69) is 45.9 Å². The lowest BCUT2D eigenvalue weighted by atomic mass is 10.0. The highest BCUT2D eigenvalue weighted by atomic mass is 32.2. The van der Waals surface area contributed by atoms with E-state index >= 15 is 0 Å². The molecular formula is C35H34N2O6S4. The molecule has 47 heavy (non-hydrogen) atoms. The lowest BCUT2D eigenvalue weighted by Gasteiger charge is -2.22. The Labute approximate surface area is 283 Å². The van der Waals surface area contributed by atoms with E-state index in [1.165, 1.54) is 13.8 Å². The minimum Gasteiger partial charge on any atom is -0.748 e. The van der Waals surface area contributed by atoms with Crippen LogP contribution in [0.2, 0.25) is 0 Å². The number of thioether (sulfide) groups is 1. The molecule has 1 aromatic heterocycles. The van der Waals surface area contributed by atoms with Crippen LogP contribution in [0.25, 0.3) is 38.5 Å². The van der Waals surface area contributed by atoms with E-state index in [9.17, 15) is 25.9 Å². The summed E-state index contributed by atoms with van der Waals surface area (Å²) in [5.74, 6) is 0. The molecule has 4 aromatic carbocycles. The number of nitrogens with zero attached hydrogens (tertiary/aromatic N) is 2. The number of aryl methyl sites for hydroxylation is 1. The van der Waals surface area contributed by atoms with Gasteiger partial charge in [-0.05, 0) is 60.7 Å². The summed E-state index contributed by atoms with van der Waals surface area (Å²) in [6, 6.07) is 32.4. The molecule has 2 heterocycles. The maximum atomic E-state index is 11.9. The van der Waals surface area contributed by atoms with Crippen LogP contribution < -0.4 is 9.47 Å². The topological polar surface area (TPSA) is 119 Å². The second-order valence-corrected chi connectivity index (χ2v) is 17.4. The number of fused-ring (bicyclic) bond motifs is 2. The molecule has 5 aromatic rings. The van der Waals surface area contributed by atoms with Crippen molar-refractivity contribution >= 4 is 65.3 Å². The van der Waals surface area contributed by atoms with E-state index in [1.54, 1.807) is 23.1 Å². The first-order chi connectivity index (χ1) is 22.4. The van der Waals surface area contributed by atoms with Crippen LogP contribution in [0.5, 0.6) is 0 Å². The standard InChI is InChI=1S/C35H34N2O6S4/c1-24(46(38,39)40)17-19-36-30-21-28(26-9-5-3-6-10-26)13-15-32(30)44-34(36)23-35-37(20-18-25(2)47(41,42)43)31-22-29(14-16-33(31)45-35)27-11-7-4-8-12-27/h3-16,21-25H,17-20H2,1-2H3,(H-,38,39,40,41,42,43). The van der Waals surface area contributed by atoms with Gasteiger partial charge in [0.15, 0.2) is 6.54 Å². The molecule has 0 saturated carbocycles. The fourth-order valence-electron chi connectivity index (χ4n) is 5.52. The third kappa shape index (κ3) is 7.48. The second-order valence-electron chi connectivity index (χ2n) is 11.6. The Kier molecular flexibility index (Phi) is 9.62. The number of benzene rings is 4. The van der Waals surface area contributed by atoms with Crippen LogP contribution in [0.15, 0.2) is 107 Å². The zero-order chi connectivity index (χ0) is 33.3. The maximum Gasteiger partial charge on any atom is 0.267 e. The van der Waals surface area contributed by atoms with Crippen LogP contribution >= 0.6 is 23.1 Å². The Bertz CT molecular complexity index is 2170. The molecule has 0 bridgehead atoms. The monoisotopic (exact) mass is 706 g/mol. The number of thiazole rings is 1. The van der Waals surface area contributed by atoms with Crippen molar-refractivity contribution in [1.29, 1.82) is 0 Å². The predicted molar refractivity (Wildman–Crippen MR) is 190 cm³/mol. The van der Waals surface area contributed by atoms with Crippen LogP contribution in [0.4, 0.5) is 5.69 Å². The van der Waals surface area contributed by atoms with E-state index < -0.39 is 30.7 Å². The molecule has 12 heteroatoms. The smallest absolute Gasteiger partial charge is 0.267 e. The molecule has 1 aliphatic rings. The molecule has 244 valence electrons. The Hall–Kier alpha value is -3.52. The Morgan fingerprint density at radius 3 is 2.04 bits per heavy atom. The third-order valence-corrected chi connectivity index (χ3v) is 13.1. The summed E-state index contributed by atoms with van der Waals surface area (Å²) in [7, 11) is -8.66. The van der Waals surface area contributed by atoms with Crippen LogP contribution in [-0.4, -0.2) is 43.0 Å². The minimum atomic E-state index is -4.45. The Balaban J connectivity index is 1.45. The van der Waals surface area contributed by atoms with Crippen molar-refractivity contribution in [2.24, 2.45) is 0 Å². The van der Waals surface area contributed by atoms with E-state index in [-0.39, 0.29) is 12.8 Å². The largest absolute Gasteiger partial charge is 0.748 e. The maximum absolute atomic E-state index is 11.9. The van der Waals surface area contributed by atoms with Gasteiger partial charge < -0.3 is 9.45 Å². The highest BCUT2D eigenvalue weighted by Crippen LogP contribution is 2.48. The van der Waals surface area contributed by atoms with Crippen molar-refractivity contribution in [3.05, 3.63) is 107 Å². The molecule has 2 atom stereocenters. The number of aromatic nitrogens is 1. The number of hydrogen-bond donors (Lipinski definition) is 1. The Morgan fingerprint density at radius 2 is 1.43 bits per heavy atom. The zero-order valence-corrected chi connectivity index (χ0v) is 29.1. The van der Waals surface area contributed by atoms with Gasteiger partial charge in [-0.15, -0.1) is 0 Å². The summed E-state index contributed by atoms with van der Waals surface area (Å²) < 4.78 is 72.0. The average Bonchev–Trinajstić information content (AvgIpc) is 3.58. The van der Waals surface area contributed by atoms with Crippen LogP contribution in [0, 0.1) is 0 Å². The first kappa shape index (κ1) is 33.4. The summed E-state index contributed by atoms with van der Waals surface area (Å²) in [6.45, 7) is 3.60. The van der Waals surface area contributed by atoms with E-state index in [0.29, 0.717) is 13.1 Å². The number of rotatable bonds is 11. The third-order valence-electron chi connectivity index (χ3n) is 8.44. The molecular weight excluding hydrogens is 673 g/mol. The average molecular weight is 707 g/mol. The van der Waals surface area contributed by atoms with Gasteiger partial charge in [0.2, 0.25) is 5.52 Å². The van der Waals surface area contributed by atoms with E-state index in [4.69, 9.17) is 0 Å². The predicted octanol–water partition coefficient (Wildman–Crippen LogP) is 7.42. The lowest BCUT2D eigenvalue weighted by molar-refractivity contribution is -0.669. The van der Waals surface area contributed by atoms with Gasteiger partial charge in [0.05, 0.1) is 37.4 Å². The van der Waals surface area contributed by atoms with Crippen LogP contribution in [-0.2, 0) is 26.8 Å². The van der Waals surface area contributed by atoms with Crippen molar-refractivity contribution in [3.8, 4) is 22.3 Å². The first-order valence-corrected chi connectivity index (χ1v) is 19.8. The zero-order valence-electron chi connectivity index (χ0n) is 25.8. The molecule has 6 rings (SSSR count). The quantitative estimate of drug-likeness (QED) is 0.111. The molecule has 1 aliphatic heterocycles. The molecule has 0 spiro atoms. The molecule has 0 amide bonds. The highest BCUT2D eigenvalue weighted by Gasteiger charge is 2.30. The van der Waals surface area contributed by atoms with Gasteiger partial charge in [-0.2, -0.15) is 13.0 Å². The van der Waals surface area contributed by atoms with Crippen molar-refractivity contribution in [2.75, 3.05) is 11.4 Å². The van der Waals surface area contributed by atoms with Gasteiger partial charge in [0, 0.05) is 23.9 Å². The fourth-order valence-corrected chi connectivity index (χ4v) is 8.60. The second kappa shape index (κ2) is 13.5. The van der Waals surface area contributed by atoms with Crippen molar-refractivity contribution in [3.63, 3.8) is 0 Å². The molecule has 1 N–H and O–H groups in total. The minimum absolute atomic E-state index is 0.150. The van der Waals surface area contributed by atoms with Crippen LogP contribution in [0.1, 0.15) is 31.7 Å². The highest BCUT2D eigenvalue weighted by molar-refractivity contribution is 8.04. The molecule has 0 radical (unpaired) electrons. The van der Waals surface area contributed by atoms with Gasteiger partial charge >= 0.3 is 0 Å². The number of hydrogen-bond acceptors (Lipinski definition) is 8. The normalized spacial score (nSPS) is 15.7. The summed E-state index contributed by atoms with van der Waals surface area (Å²) in [5.41, 5.74) is 6.02. The van der Waals surface area contributed by atoms with E-state index in [0.717, 1.165) is 53.1 Å². The fraction of sp³-hybridized carbons (Fsp3) is 0.229. The van der Waals surface area contributed by atoms with E-state index in [1.807, 2.05) is 66.7 Å². The van der Waals surface area contributed by atoms with Gasteiger partial charge in [0.25, 0.3) is 15.1 Å².